The molecule has 0 bridgehead atoms. The molecule has 3 rings (SSSR count). The maximum Gasteiger partial charge on any atom is 0.435 e. The highest BCUT2D eigenvalue weighted by molar-refractivity contribution is 6.06. The lowest BCUT2D eigenvalue weighted by atomic mass is 10.1. The Morgan fingerprint density at radius 1 is 1.17 bits per heavy atom. The predicted molar refractivity (Wildman–Crippen MR) is 93.1 cm³/mol. The largest absolute Gasteiger partial charge is 0.435 e. The Kier molecular flexibility index (Phi) is 5.53. The molecule has 1 aliphatic rings. The fourth-order valence-electron chi connectivity index (χ4n) is 2.94. The number of aromatic amines is 1. The number of alkyl halides is 5. The van der Waals surface area contributed by atoms with Gasteiger partial charge in [-0.1, -0.05) is 0 Å². The van der Waals surface area contributed by atoms with Gasteiger partial charge in [-0.15, -0.1) is 10.2 Å². The maximum atomic E-state index is 13.7. The first kappa shape index (κ1) is 20.7. The number of hydrogen-bond donors (Lipinski definition) is 2. The number of amides is 1. The molecule has 0 unspecified atom stereocenters. The molecule has 3 heterocycles. The molecule has 2 aromatic rings. The second-order valence-electron chi connectivity index (χ2n) is 6.55. The molecule has 0 spiro atoms. The highest BCUT2D eigenvalue weighted by Gasteiger charge is 2.37. The molecule has 1 amide bonds. The van der Waals surface area contributed by atoms with E-state index in [0.717, 1.165) is 6.07 Å². The molecule has 29 heavy (non-hydrogen) atoms. The summed E-state index contributed by atoms with van der Waals surface area (Å²) < 4.78 is 66.6. The van der Waals surface area contributed by atoms with Crippen molar-refractivity contribution in [2.75, 3.05) is 23.3 Å². The summed E-state index contributed by atoms with van der Waals surface area (Å²) in [5.41, 5.74) is -2.45. The van der Waals surface area contributed by atoms with Gasteiger partial charge in [-0.05, 0) is 18.6 Å². The van der Waals surface area contributed by atoms with E-state index in [1.807, 2.05) is 0 Å². The minimum absolute atomic E-state index is 0.0316. The molecule has 0 aromatic carbocycles. The molecule has 0 atom stereocenters. The lowest BCUT2D eigenvalue weighted by Crippen LogP contribution is -2.30. The average molecular weight is 417 g/mol. The van der Waals surface area contributed by atoms with Crippen molar-refractivity contribution in [3.8, 4) is 0 Å². The van der Waals surface area contributed by atoms with Gasteiger partial charge in [0.15, 0.2) is 11.4 Å². The third kappa shape index (κ3) is 5.06. The van der Waals surface area contributed by atoms with Gasteiger partial charge in [-0.25, -0.2) is 8.78 Å². The van der Waals surface area contributed by atoms with Gasteiger partial charge in [0, 0.05) is 43.9 Å². The Bertz CT molecular complexity index is 960. The molecule has 7 nitrogen and oxygen atoms in total. The molecular formula is C17H16F5N5O2. The van der Waals surface area contributed by atoms with Gasteiger partial charge in [0.2, 0.25) is 11.5 Å². The minimum Gasteiger partial charge on any atom is -0.369 e. The number of H-pyrrole nitrogens is 1. The summed E-state index contributed by atoms with van der Waals surface area (Å²) in [5, 5.41) is 8.82. The monoisotopic (exact) mass is 417 g/mol. The second-order valence-corrected chi connectivity index (χ2v) is 6.55. The van der Waals surface area contributed by atoms with Crippen LogP contribution in [0.1, 0.15) is 35.4 Å². The van der Waals surface area contributed by atoms with Crippen LogP contribution in [0.2, 0.25) is 0 Å². The number of nitrogens with zero attached hydrogens (tertiary/aromatic N) is 3. The van der Waals surface area contributed by atoms with Crippen LogP contribution in [0, 0.1) is 0 Å². The van der Waals surface area contributed by atoms with E-state index in [1.165, 1.54) is 17.2 Å². The van der Waals surface area contributed by atoms with Crippen LogP contribution in [0.15, 0.2) is 29.2 Å². The number of halogens is 5. The third-order valence-corrected chi connectivity index (χ3v) is 4.37. The first-order valence-corrected chi connectivity index (χ1v) is 8.63. The summed E-state index contributed by atoms with van der Waals surface area (Å²) in [4.78, 5) is 27.5. The van der Waals surface area contributed by atoms with E-state index in [2.05, 4.69) is 20.5 Å². The van der Waals surface area contributed by atoms with E-state index in [4.69, 9.17) is 0 Å². The van der Waals surface area contributed by atoms with Gasteiger partial charge < -0.3 is 15.2 Å². The van der Waals surface area contributed by atoms with E-state index in [-0.39, 0.29) is 30.9 Å². The molecule has 0 aliphatic carbocycles. The van der Waals surface area contributed by atoms with E-state index in [9.17, 15) is 31.5 Å². The summed E-state index contributed by atoms with van der Waals surface area (Å²) >= 11 is 0. The number of pyridine rings is 1. The van der Waals surface area contributed by atoms with Crippen LogP contribution >= 0.6 is 0 Å². The number of carbonyl (C=O) groups excluding carboxylic acids is 1. The van der Waals surface area contributed by atoms with E-state index in [1.54, 1.807) is 0 Å². The zero-order chi connectivity index (χ0) is 21.2. The molecule has 12 heteroatoms. The summed E-state index contributed by atoms with van der Waals surface area (Å²) in [7, 11) is 0. The Hall–Kier alpha value is -3.05. The molecule has 1 saturated heterocycles. The zero-order valence-corrected chi connectivity index (χ0v) is 14.9. The van der Waals surface area contributed by atoms with Gasteiger partial charge in [0.1, 0.15) is 0 Å². The second kappa shape index (κ2) is 7.76. The van der Waals surface area contributed by atoms with Crippen molar-refractivity contribution in [2.45, 2.75) is 31.4 Å². The zero-order valence-electron chi connectivity index (χ0n) is 14.9. The molecule has 0 radical (unpaired) electrons. The summed E-state index contributed by atoms with van der Waals surface area (Å²) in [5.74, 6) is -3.85. The fourth-order valence-corrected chi connectivity index (χ4v) is 2.94. The predicted octanol–water partition coefficient (Wildman–Crippen LogP) is 3.06. The molecular weight excluding hydrogens is 401 g/mol. The van der Waals surface area contributed by atoms with Crippen LogP contribution in [0.25, 0.3) is 0 Å². The van der Waals surface area contributed by atoms with Crippen molar-refractivity contribution in [1.82, 2.24) is 15.2 Å². The Balaban J connectivity index is 1.97. The smallest absolute Gasteiger partial charge is 0.369 e. The van der Waals surface area contributed by atoms with Crippen LogP contribution in [0.3, 0.4) is 0 Å². The minimum atomic E-state index is -4.82. The van der Waals surface area contributed by atoms with Crippen LogP contribution < -0.4 is 15.8 Å². The molecule has 0 saturated carbocycles. The van der Waals surface area contributed by atoms with E-state index >= 15 is 0 Å². The van der Waals surface area contributed by atoms with Gasteiger partial charge in [0.25, 0.3) is 5.91 Å². The number of carbonyl (C=O) groups is 1. The Labute approximate surface area is 160 Å². The van der Waals surface area contributed by atoms with Gasteiger partial charge in [-0.3, -0.25) is 9.59 Å². The molecule has 2 aromatic heterocycles. The number of rotatable bonds is 3. The van der Waals surface area contributed by atoms with Crippen molar-refractivity contribution in [3.05, 3.63) is 46.1 Å². The number of aromatic nitrogens is 3. The van der Waals surface area contributed by atoms with E-state index < -0.39 is 47.8 Å². The van der Waals surface area contributed by atoms with Crippen LogP contribution in [0.4, 0.5) is 33.3 Å². The highest BCUT2D eigenvalue weighted by atomic mass is 19.4. The first-order valence-electron chi connectivity index (χ1n) is 8.63. The maximum absolute atomic E-state index is 13.7. The number of anilines is 2. The standard InChI is InChI=1S/C17H16F5N5O2/c18-16(19)3-1-6-27(7-4-16)11-9-12(17(20,21)22)25-26-14(11)15(29)24-10-2-5-23-13(28)8-10/h2,5,8-9H,1,3-4,6-7H2,(H2,23,24,28,29). The van der Waals surface area contributed by atoms with Crippen molar-refractivity contribution >= 4 is 17.3 Å². The first-order chi connectivity index (χ1) is 13.5. The van der Waals surface area contributed by atoms with Gasteiger partial charge in [0.05, 0.1) is 5.69 Å². The normalized spacial score (nSPS) is 16.9. The highest BCUT2D eigenvalue weighted by Crippen LogP contribution is 2.34. The van der Waals surface area contributed by atoms with Crippen molar-refractivity contribution < 1.29 is 26.7 Å². The summed E-state index contributed by atoms with van der Waals surface area (Å²) in [6, 6.07) is 3.06. The van der Waals surface area contributed by atoms with E-state index in [0.29, 0.717) is 6.07 Å². The van der Waals surface area contributed by atoms with Gasteiger partial charge >= 0.3 is 6.18 Å². The van der Waals surface area contributed by atoms with Crippen molar-refractivity contribution in [1.29, 1.82) is 0 Å². The van der Waals surface area contributed by atoms with Crippen LogP contribution in [0.5, 0.6) is 0 Å². The molecule has 156 valence electrons. The van der Waals surface area contributed by atoms with Crippen LogP contribution in [-0.2, 0) is 6.18 Å². The Morgan fingerprint density at radius 3 is 2.62 bits per heavy atom. The number of hydrogen-bond acceptors (Lipinski definition) is 5. The summed E-state index contributed by atoms with van der Waals surface area (Å²) in [6.07, 6.45) is -4.48. The summed E-state index contributed by atoms with van der Waals surface area (Å²) in [6.45, 7) is -0.217. The SMILES string of the molecule is O=C(Nc1cc[nH]c(=O)c1)c1nnc(C(F)(F)F)cc1N1CCCC(F)(F)CC1. The lowest BCUT2D eigenvalue weighted by Gasteiger charge is -2.25. The third-order valence-electron chi connectivity index (χ3n) is 4.37. The van der Waals surface area contributed by atoms with Crippen molar-refractivity contribution in [2.24, 2.45) is 0 Å². The van der Waals surface area contributed by atoms with Crippen molar-refractivity contribution in [3.63, 3.8) is 0 Å². The number of nitrogens with one attached hydrogen (secondary N) is 2. The molecule has 2 N–H and O–H groups in total. The molecule has 1 aliphatic heterocycles. The fraction of sp³-hybridized carbons (Fsp3) is 0.412. The topological polar surface area (TPSA) is 91.0 Å². The quantitative estimate of drug-likeness (QED) is 0.750. The van der Waals surface area contributed by atoms with Crippen LogP contribution in [-0.4, -0.2) is 40.1 Å². The lowest BCUT2D eigenvalue weighted by molar-refractivity contribution is -0.141. The molecule has 1 fully saturated rings. The van der Waals surface area contributed by atoms with Gasteiger partial charge in [-0.2, -0.15) is 13.2 Å². The average Bonchev–Trinajstić information content (AvgIpc) is 2.81. The Morgan fingerprint density at radius 2 is 1.93 bits per heavy atom.